The third-order valence-corrected chi connectivity index (χ3v) is 6.25. The van der Waals surface area contributed by atoms with Crippen molar-refractivity contribution < 1.29 is 17.9 Å². The van der Waals surface area contributed by atoms with Crippen molar-refractivity contribution in [3.8, 4) is 17.1 Å². The van der Waals surface area contributed by atoms with Gasteiger partial charge in [-0.1, -0.05) is 13.8 Å². The maximum absolute atomic E-state index is 12.3. The molecular weight excluding hydrogens is 378 g/mol. The molecule has 2 N–H and O–H groups in total. The fraction of sp³-hybridized carbons (Fsp3) is 0.300. The smallest absolute Gasteiger partial charge is 0.251 e. The number of carbonyl (C=O) groups is 1. The minimum absolute atomic E-state index is 0.101. The number of imidazole rings is 1. The molecule has 0 saturated heterocycles. The van der Waals surface area contributed by atoms with Crippen LogP contribution in [0.3, 0.4) is 0 Å². The molecule has 146 valence electrons. The van der Waals surface area contributed by atoms with E-state index in [4.69, 9.17) is 4.74 Å². The van der Waals surface area contributed by atoms with Crippen molar-refractivity contribution >= 4 is 26.8 Å². The minimum atomic E-state index is -3.34. The first kappa shape index (κ1) is 18.5. The number of aromatic amines is 1. The molecule has 1 aliphatic rings. The summed E-state index contributed by atoms with van der Waals surface area (Å²) in [4.78, 5) is 20.4. The number of nitrogens with one attached hydrogen (secondary N) is 2. The van der Waals surface area contributed by atoms with Gasteiger partial charge in [-0.3, -0.25) is 4.79 Å². The van der Waals surface area contributed by atoms with Gasteiger partial charge in [0.05, 0.1) is 28.6 Å². The zero-order chi connectivity index (χ0) is 20.3. The van der Waals surface area contributed by atoms with Gasteiger partial charge in [0.2, 0.25) is 0 Å². The minimum Gasteiger partial charge on any atom is -0.496 e. The van der Waals surface area contributed by atoms with Gasteiger partial charge in [-0.25, -0.2) is 13.4 Å². The maximum Gasteiger partial charge on any atom is 0.251 e. The van der Waals surface area contributed by atoms with Gasteiger partial charge >= 0.3 is 0 Å². The number of nitrogens with zero attached hydrogens (tertiary/aromatic N) is 1. The number of amides is 1. The zero-order valence-corrected chi connectivity index (χ0v) is 16.9. The van der Waals surface area contributed by atoms with Gasteiger partial charge in [-0.05, 0) is 35.9 Å². The molecule has 28 heavy (non-hydrogen) atoms. The van der Waals surface area contributed by atoms with Crippen LogP contribution in [-0.4, -0.2) is 44.2 Å². The molecule has 1 aromatic heterocycles. The van der Waals surface area contributed by atoms with Crippen molar-refractivity contribution in [3.05, 3.63) is 41.5 Å². The highest BCUT2D eigenvalue weighted by Gasteiger charge is 2.32. The van der Waals surface area contributed by atoms with Crippen LogP contribution in [0.5, 0.6) is 5.75 Å². The van der Waals surface area contributed by atoms with E-state index in [-0.39, 0.29) is 16.2 Å². The van der Waals surface area contributed by atoms with E-state index in [9.17, 15) is 13.2 Å². The summed E-state index contributed by atoms with van der Waals surface area (Å²) < 4.78 is 29.0. The largest absolute Gasteiger partial charge is 0.496 e. The lowest BCUT2D eigenvalue weighted by Gasteiger charge is -2.32. The first-order valence-corrected chi connectivity index (χ1v) is 10.7. The molecule has 0 saturated carbocycles. The number of benzene rings is 2. The first-order chi connectivity index (χ1) is 13.1. The average molecular weight is 399 g/mol. The van der Waals surface area contributed by atoms with Crippen molar-refractivity contribution in [3.63, 3.8) is 0 Å². The van der Waals surface area contributed by atoms with E-state index in [1.807, 2.05) is 6.07 Å². The van der Waals surface area contributed by atoms with Crippen LogP contribution in [0.2, 0.25) is 0 Å². The predicted molar refractivity (Wildman–Crippen MR) is 107 cm³/mol. The van der Waals surface area contributed by atoms with Gasteiger partial charge < -0.3 is 15.0 Å². The number of carbonyl (C=O) groups excluding carboxylic acids is 1. The second kappa shape index (κ2) is 6.07. The highest BCUT2D eigenvalue weighted by atomic mass is 32.2. The Morgan fingerprint density at radius 3 is 2.57 bits per heavy atom. The van der Waals surface area contributed by atoms with Gasteiger partial charge in [0.25, 0.3) is 5.91 Å². The summed E-state index contributed by atoms with van der Waals surface area (Å²) in [5.74, 6) is 0.855. The molecule has 0 radical (unpaired) electrons. The number of ether oxygens (including phenoxy) is 1. The molecule has 0 spiro atoms. The Bertz CT molecular complexity index is 1230. The van der Waals surface area contributed by atoms with E-state index in [0.717, 1.165) is 17.3 Å². The van der Waals surface area contributed by atoms with Crippen molar-refractivity contribution in [2.45, 2.75) is 24.2 Å². The Hall–Kier alpha value is -2.87. The molecule has 4 rings (SSSR count). The Morgan fingerprint density at radius 1 is 1.14 bits per heavy atom. The molecule has 2 heterocycles. The Balaban J connectivity index is 1.89. The number of sulfone groups is 1. The number of fused-ring (bicyclic) bond motifs is 2. The molecule has 0 unspecified atom stereocenters. The Kier molecular flexibility index (Phi) is 4.01. The Labute approximate surface area is 163 Å². The van der Waals surface area contributed by atoms with Crippen molar-refractivity contribution in [2.75, 3.05) is 19.9 Å². The van der Waals surface area contributed by atoms with Crippen LogP contribution < -0.4 is 10.1 Å². The van der Waals surface area contributed by atoms with Gasteiger partial charge in [0, 0.05) is 23.8 Å². The van der Waals surface area contributed by atoms with Crippen molar-refractivity contribution in [1.82, 2.24) is 15.3 Å². The molecule has 0 bridgehead atoms. The van der Waals surface area contributed by atoms with E-state index >= 15 is 0 Å². The highest BCUT2D eigenvalue weighted by molar-refractivity contribution is 7.90. The SMILES string of the molecule is COc1cc(S(C)(=O)=O)ccc1-c1nc2cc3c(cc2[nH]1)C(C)(C)CNC3=O. The van der Waals surface area contributed by atoms with E-state index in [2.05, 4.69) is 29.1 Å². The van der Waals surface area contributed by atoms with Crippen LogP contribution in [0.15, 0.2) is 35.2 Å². The lowest BCUT2D eigenvalue weighted by Crippen LogP contribution is -2.43. The van der Waals surface area contributed by atoms with Crippen LogP contribution in [0.1, 0.15) is 29.8 Å². The topological polar surface area (TPSA) is 101 Å². The third-order valence-electron chi connectivity index (χ3n) is 5.14. The number of aromatic nitrogens is 2. The summed E-state index contributed by atoms with van der Waals surface area (Å²) in [5, 5.41) is 2.92. The summed E-state index contributed by atoms with van der Waals surface area (Å²) in [6, 6.07) is 8.44. The molecule has 3 aromatic rings. The molecular formula is C20H21N3O4S. The lowest BCUT2D eigenvalue weighted by molar-refractivity contribution is 0.0930. The molecule has 1 aliphatic heterocycles. The number of hydrogen-bond acceptors (Lipinski definition) is 5. The monoisotopic (exact) mass is 399 g/mol. The fourth-order valence-corrected chi connectivity index (χ4v) is 4.16. The fourth-order valence-electron chi connectivity index (χ4n) is 3.52. The molecule has 0 fully saturated rings. The molecule has 2 aromatic carbocycles. The highest BCUT2D eigenvalue weighted by Crippen LogP contribution is 2.35. The van der Waals surface area contributed by atoms with Crippen LogP contribution in [0.25, 0.3) is 22.4 Å². The van der Waals surface area contributed by atoms with Crippen LogP contribution >= 0.6 is 0 Å². The van der Waals surface area contributed by atoms with Crippen LogP contribution in [0.4, 0.5) is 0 Å². The van der Waals surface area contributed by atoms with Gasteiger partial charge in [-0.2, -0.15) is 0 Å². The molecule has 0 atom stereocenters. The number of rotatable bonds is 3. The summed E-state index contributed by atoms with van der Waals surface area (Å²) in [7, 11) is -1.86. The summed E-state index contributed by atoms with van der Waals surface area (Å²) in [5.41, 5.74) is 3.53. The lowest BCUT2D eigenvalue weighted by atomic mass is 9.79. The molecule has 1 amide bonds. The quantitative estimate of drug-likeness (QED) is 0.705. The molecule has 7 nitrogen and oxygen atoms in total. The summed E-state index contributed by atoms with van der Waals surface area (Å²) >= 11 is 0. The number of H-pyrrole nitrogens is 1. The Morgan fingerprint density at radius 2 is 1.89 bits per heavy atom. The number of hydrogen-bond donors (Lipinski definition) is 2. The van der Waals surface area contributed by atoms with Gasteiger partial charge in [0.1, 0.15) is 11.6 Å². The average Bonchev–Trinajstić information content (AvgIpc) is 3.05. The van der Waals surface area contributed by atoms with Gasteiger partial charge in [-0.15, -0.1) is 0 Å². The van der Waals surface area contributed by atoms with E-state index in [1.165, 1.54) is 19.2 Å². The van der Waals surface area contributed by atoms with E-state index in [0.29, 0.717) is 34.8 Å². The predicted octanol–water partition coefficient (Wildman–Crippen LogP) is 2.66. The summed E-state index contributed by atoms with van der Waals surface area (Å²) in [6.45, 7) is 4.74. The zero-order valence-electron chi connectivity index (χ0n) is 16.1. The second-order valence-electron chi connectivity index (χ2n) is 7.70. The van der Waals surface area contributed by atoms with E-state index < -0.39 is 9.84 Å². The normalized spacial score (nSPS) is 15.9. The summed E-state index contributed by atoms with van der Waals surface area (Å²) in [6.07, 6.45) is 1.15. The maximum atomic E-state index is 12.3. The van der Waals surface area contributed by atoms with Crippen LogP contribution in [-0.2, 0) is 15.3 Å². The number of methoxy groups -OCH3 is 1. The standard InChI is InChI=1S/C20H21N3O4S/c1-20(2)10-21-19(24)13-8-15-16(9-14(13)20)23-18(22-15)12-6-5-11(28(4,25)26)7-17(12)27-3/h5-9H,10H2,1-4H3,(H,21,24)(H,22,23). The van der Waals surface area contributed by atoms with Crippen molar-refractivity contribution in [1.29, 1.82) is 0 Å². The first-order valence-electron chi connectivity index (χ1n) is 8.81. The van der Waals surface area contributed by atoms with Gasteiger partial charge in [0.15, 0.2) is 9.84 Å². The second-order valence-corrected chi connectivity index (χ2v) is 9.72. The molecule has 8 heteroatoms. The third kappa shape index (κ3) is 2.93. The van der Waals surface area contributed by atoms with Crippen LogP contribution in [0, 0.1) is 0 Å². The molecule has 0 aliphatic carbocycles. The van der Waals surface area contributed by atoms with E-state index in [1.54, 1.807) is 12.1 Å². The van der Waals surface area contributed by atoms with Crippen molar-refractivity contribution in [2.24, 2.45) is 0 Å².